The molecular formula is C24H22FN5O2. The number of primary amides is 1. The number of halogens is 1. The number of carbonyl (C=O) groups is 2. The van der Waals surface area contributed by atoms with Crippen LogP contribution in [-0.2, 0) is 11.2 Å². The molecule has 2 heterocycles. The van der Waals surface area contributed by atoms with Crippen molar-refractivity contribution in [1.29, 1.82) is 0 Å². The van der Waals surface area contributed by atoms with E-state index < -0.39 is 23.4 Å². The van der Waals surface area contributed by atoms with E-state index in [0.717, 1.165) is 11.3 Å². The molecule has 1 aromatic carbocycles. The highest BCUT2D eigenvalue weighted by Crippen LogP contribution is 2.41. The standard InChI is InChI=1S/C24H22FN5O2/c1-3-17-18(13-4-6-14(26)7-5-13)19(21(30-17)23(27)32)15-8-9-16(20(25)22(15)31)24-28-11-10-12(2)29-24/h4-11,15,30H,3,26H2,1-2H3,(H2,27,32). The topological polar surface area (TPSA) is 128 Å². The van der Waals surface area contributed by atoms with Gasteiger partial charge in [0.1, 0.15) is 5.69 Å². The summed E-state index contributed by atoms with van der Waals surface area (Å²) in [5, 5.41) is 0. The first-order valence-electron chi connectivity index (χ1n) is 10.1. The van der Waals surface area contributed by atoms with E-state index in [1.165, 1.54) is 12.3 Å². The molecular weight excluding hydrogens is 409 g/mol. The maximum Gasteiger partial charge on any atom is 0.265 e. The number of nitrogens with zero attached hydrogens (tertiary/aromatic N) is 2. The summed E-state index contributed by atoms with van der Waals surface area (Å²) < 4.78 is 15.3. The van der Waals surface area contributed by atoms with E-state index in [2.05, 4.69) is 15.0 Å². The molecule has 1 unspecified atom stereocenters. The minimum atomic E-state index is -1.03. The minimum absolute atomic E-state index is 0.0101. The van der Waals surface area contributed by atoms with Gasteiger partial charge in [0.15, 0.2) is 11.7 Å². The zero-order valence-corrected chi connectivity index (χ0v) is 17.6. The number of aromatic amines is 1. The van der Waals surface area contributed by atoms with Crippen LogP contribution in [0.5, 0.6) is 0 Å². The molecule has 5 N–H and O–H groups in total. The fourth-order valence-corrected chi connectivity index (χ4v) is 3.92. The lowest BCUT2D eigenvalue weighted by Crippen LogP contribution is -2.21. The number of allylic oxidation sites excluding steroid dienone is 4. The van der Waals surface area contributed by atoms with Crippen molar-refractivity contribution >= 4 is 23.0 Å². The van der Waals surface area contributed by atoms with Gasteiger partial charge in [-0.3, -0.25) is 9.59 Å². The number of aromatic nitrogens is 3. The first-order chi connectivity index (χ1) is 15.3. The van der Waals surface area contributed by atoms with Crippen LogP contribution >= 0.6 is 0 Å². The molecule has 0 spiro atoms. The molecule has 0 aliphatic heterocycles. The lowest BCUT2D eigenvalue weighted by Gasteiger charge is -2.19. The highest BCUT2D eigenvalue weighted by atomic mass is 19.1. The molecule has 162 valence electrons. The quantitative estimate of drug-likeness (QED) is 0.532. The summed E-state index contributed by atoms with van der Waals surface area (Å²) >= 11 is 0. The molecule has 1 aliphatic carbocycles. The Kier molecular flexibility index (Phi) is 5.44. The fraction of sp³-hybridized carbons (Fsp3) is 0.167. The summed E-state index contributed by atoms with van der Waals surface area (Å²) in [6.07, 6.45) is 5.09. The lowest BCUT2D eigenvalue weighted by atomic mass is 9.83. The number of anilines is 1. The third-order valence-electron chi connectivity index (χ3n) is 5.45. The molecule has 4 rings (SSSR count). The molecule has 8 heteroatoms. The Hall–Kier alpha value is -4.07. The number of nitrogen functional groups attached to an aromatic ring is 1. The first kappa shape index (κ1) is 21.2. The number of carbonyl (C=O) groups excluding carboxylic acids is 2. The van der Waals surface area contributed by atoms with Gasteiger partial charge >= 0.3 is 0 Å². The summed E-state index contributed by atoms with van der Waals surface area (Å²) in [5.74, 6) is -3.37. The zero-order chi connectivity index (χ0) is 23.0. The SMILES string of the molecule is CCc1[nH]c(C(N)=O)c(C2C=CC(c3nccc(C)n3)=C(F)C2=O)c1-c1ccc(N)cc1. The Morgan fingerprint density at radius 1 is 1.22 bits per heavy atom. The number of amides is 1. The van der Waals surface area contributed by atoms with Gasteiger partial charge in [-0.2, -0.15) is 0 Å². The Morgan fingerprint density at radius 2 is 1.94 bits per heavy atom. The smallest absolute Gasteiger partial charge is 0.265 e. The largest absolute Gasteiger partial charge is 0.399 e. The molecule has 7 nitrogen and oxygen atoms in total. The second-order valence-electron chi connectivity index (χ2n) is 7.56. The van der Waals surface area contributed by atoms with Crippen LogP contribution in [-0.4, -0.2) is 26.6 Å². The highest BCUT2D eigenvalue weighted by molar-refractivity contribution is 6.11. The molecule has 0 radical (unpaired) electrons. The molecule has 0 saturated carbocycles. The van der Waals surface area contributed by atoms with Crippen molar-refractivity contribution in [2.24, 2.45) is 5.73 Å². The Bertz CT molecular complexity index is 1290. The van der Waals surface area contributed by atoms with Gasteiger partial charge in [-0.05, 0) is 37.1 Å². The van der Waals surface area contributed by atoms with Crippen molar-refractivity contribution < 1.29 is 14.0 Å². The van der Waals surface area contributed by atoms with E-state index in [0.29, 0.717) is 28.9 Å². The van der Waals surface area contributed by atoms with Crippen LogP contribution in [0.3, 0.4) is 0 Å². The predicted octanol–water partition coefficient (Wildman–Crippen LogP) is 3.63. The number of rotatable bonds is 5. The van der Waals surface area contributed by atoms with Gasteiger partial charge in [0.05, 0.1) is 11.5 Å². The van der Waals surface area contributed by atoms with Crippen molar-refractivity contribution in [2.45, 2.75) is 26.2 Å². The number of Topliss-reactive ketones (excluding diaryl/α,β-unsaturated/α-hetero) is 1. The molecule has 3 aromatic rings. The molecule has 1 amide bonds. The van der Waals surface area contributed by atoms with Crippen LogP contribution < -0.4 is 11.5 Å². The summed E-state index contributed by atoms with van der Waals surface area (Å²) in [5.41, 5.74) is 15.2. The van der Waals surface area contributed by atoms with Crippen LogP contribution in [0.1, 0.15) is 46.1 Å². The second-order valence-corrected chi connectivity index (χ2v) is 7.56. The Morgan fingerprint density at radius 3 is 2.56 bits per heavy atom. The summed E-state index contributed by atoms with van der Waals surface area (Å²) in [7, 11) is 0. The van der Waals surface area contributed by atoms with Crippen molar-refractivity contribution in [3.63, 3.8) is 0 Å². The van der Waals surface area contributed by atoms with Crippen molar-refractivity contribution in [3.8, 4) is 11.1 Å². The number of hydrogen-bond acceptors (Lipinski definition) is 5. The van der Waals surface area contributed by atoms with Gasteiger partial charge < -0.3 is 16.5 Å². The van der Waals surface area contributed by atoms with Crippen molar-refractivity contribution in [3.05, 3.63) is 83.0 Å². The van der Waals surface area contributed by atoms with E-state index in [1.54, 1.807) is 43.3 Å². The van der Waals surface area contributed by atoms with Crippen LogP contribution in [0, 0.1) is 6.92 Å². The summed E-state index contributed by atoms with van der Waals surface area (Å²) in [6.45, 7) is 3.66. The number of benzene rings is 1. The monoisotopic (exact) mass is 431 g/mol. The maximum atomic E-state index is 15.3. The Balaban J connectivity index is 1.88. The number of aryl methyl sites for hydroxylation is 2. The van der Waals surface area contributed by atoms with E-state index in [9.17, 15) is 9.59 Å². The number of hydrogen-bond donors (Lipinski definition) is 3. The van der Waals surface area contributed by atoms with E-state index >= 15 is 4.39 Å². The molecule has 0 fully saturated rings. The highest BCUT2D eigenvalue weighted by Gasteiger charge is 2.35. The molecule has 32 heavy (non-hydrogen) atoms. The molecule has 1 atom stereocenters. The number of nitrogens with one attached hydrogen (secondary N) is 1. The summed E-state index contributed by atoms with van der Waals surface area (Å²) in [4.78, 5) is 36.8. The van der Waals surface area contributed by atoms with Crippen LogP contribution in [0.15, 0.2) is 54.5 Å². The molecule has 0 saturated heterocycles. The molecule has 2 aromatic heterocycles. The van der Waals surface area contributed by atoms with E-state index in [1.807, 2.05) is 6.92 Å². The number of H-pyrrole nitrogens is 1. The fourth-order valence-electron chi connectivity index (χ4n) is 3.92. The average molecular weight is 431 g/mol. The van der Waals surface area contributed by atoms with Crippen molar-refractivity contribution in [2.75, 3.05) is 5.73 Å². The van der Waals surface area contributed by atoms with E-state index in [-0.39, 0.29) is 17.1 Å². The van der Waals surface area contributed by atoms with Gasteiger partial charge in [-0.25, -0.2) is 14.4 Å². The number of nitrogens with two attached hydrogens (primary N) is 2. The third-order valence-corrected chi connectivity index (χ3v) is 5.45. The average Bonchev–Trinajstić information content (AvgIpc) is 3.16. The van der Waals surface area contributed by atoms with Crippen LogP contribution in [0.4, 0.5) is 10.1 Å². The number of ketones is 1. The minimum Gasteiger partial charge on any atom is -0.399 e. The summed E-state index contributed by atoms with van der Waals surface area (Å²) in [6, 6.07) is 8.72. The lowest BCUT2D eigenvalue weighted by molar-refractivity contribution is -0.117. The van der Waals surface area contributed by atoms with Crippen LogP contribution in [0.25, 0.3) is 16.7 Å². The third kappa shape index (κ3) is 3.60. The predicted molar refractivity (Wildman–Crippen MR) is 120 cm³/mol. The van der Waals surface area contributed by atoms with Gasteiger partial charge in [-0.1, -0.05) is 31.2 Å². The van der Waals surface area contributed by atoms with Crippen LogP contribution in [0.2, 0.25) is 0 Å². The van der Waals surface area contributed by atoms with Gasteiger partial charge in [-0.15, -0.1) is 0 Å². The maximum absolute atomic E-state index is 15.3. The Labute approximate surface area is 184 Å². The van der Waals surface area contributed by atoms with Gasteiger partial charge in [0.25, 0.3) is 5.91 Å². The normalized spacial score (nSPS) is 16.0. The zero-order valence-electron chi connectivity index (χ0n) is 17.6. The second kappa shape index (κ2) is 8.22. The molecule has 1 aliphatic rings. The van der Waals surface area contributed by atoms with E-state index in [4.69, 9.17) is 11.5 Å². The first-order valence-corrected chi connectivity index (χ1v) is 10.1. The van der Waals surface area contributed by atoms with Gasteiger partial charge in [0.2, 0.25) is 5.78 Å². The molecule has 0 bridgehead atoms. The van der Waals surface area contributed by atoms with Crippen molar-refractivity contribution in [1.82, 2.24) is 15.0 Å². The van der Waals surface area contributed by atoms with Gasteiger partial charge in [0, 0.05) is 34.4 Å².